The van der Waals surface area contributed by atoms with Gasteiger partial charge >= 0.3 is 0 Å². The molecule has 144 valence electrons. The number of piperidine rings is 1. The third-order valence-electron chi connectivity index (χ3n) is 5.12. The number of likely N-dealkylation sites (N-methyl/N-ethyl adjacent to an activating group) is 1. The van der Waals surface area contributed by atoms with E-state index in [-0.39, 0.29) is 12.2 Å². The van der Waals surface area contributed by atoms with Crippen molar-refractivity contribution in [3.05, 3.63) is 48.0 Å². The van der Waals surface area contributed by atoms with E-state index < -0.39 is 6.10 Å². The third-order valence-corrected chi connectivity index (χ3v) is 5.12. The molecule has 0 aromatic carbocycles. The van der Waals surface area contributed by atoms with Gasteiger partial charge in [-0.15, -0.1) is 0 Å². The first-order chi connectivity index (χ1) is 12.5. The lowest BCUT2D eigenvalue weighted by atomic mass is 9.96. The van der Waals surface area contributed by atoms with Gasteiger partial charge in [-0.3, -0.25) is 4.79 Å². The molecule has 2 unspecified atom stereocenters. The van der Waals surface area contributed by atoms with E-state index in [4.69, 9.17) is 5.73 Å². The summed E-state index contributed by atoms with van der Waals surface area (Å²) in [5.74, 6) is -0.0300. The van der Waals surface area contributed by atoms with Gasteiger partial charge in [0.25, 0.3) is 0 Å². The molecule has 2 aliphatic rings. The highest BCUT2D eigenvalue weighted by Crippen LogP contribution is 2.26. The minimum Gasteiger partial charge on any atom is -0.400 e. The number of ketones is 1. The second kappa shape index (κ2) is 9.74. The molecule has 0 saturated carbocycles. The zero-order valence-corrected chi connectivity index (χ0v) is 16.2. The summed E-state index contributed by atoms with van der Waals surface area (Å²) in [6.07, 6.45) is 10.7. The lowest BCUT2D eigenvalue weighted by Crippen LogP contribution is -2.45. The molecule has 0 aromatic rings. The van der Waals surface area contributed by atoms with E-state index in [1.165, 1.54) is 0 Å². The molecule has 3 N–H and O–H groups in total. The van der Waals surface area contributed by atoms with Crippen molar-refractivity contribution in [2.75, 3.05) is 19.6 Å². The maximum Gasteiger partial charge on any atom is 0.161 e. The van der Waals surface area contributed by atoms with E-state index in [0.29, 0.717) is 30.2 Å². The van der Waals surface area contributed by atoms with Crippen LogP contribution in [0.1, 0.15) is 46.0 Å². The Balaban J connectivity index is 2.22. The summed E-state index contributed by atoms with van der Waals surface area (Å²) >= 11 is 0. The Morgan fingerprint density at radius 3 is 3.00 bits per heavy atom. The fourth-order valence-corrected chi connectivity index (χ4v) is 3.72. The number of aliphatic hydroxyl groups is 1. The number of carbonyl (C=O) groups is 1. The van der Waals surface area contributed by atoms with Crippen molar-refractivity contribution in [1.82, 2.24) is 9.80 Å². The maximum absolute atomic E-state index is 12.4. The van der Waals surface area contributed by atoms with E-state index in [1.54, 1.807) is 6.92 Å². The first-order valence-corrected chi connectivity index (χ1v) is 9.64. The molecule has 0 aromatic heterocycles. The zero-order valence-electron chi connectivity index (χ0n) is 16.2. The van der Waals surface area contributed by atoms with Gasteiger partial charge in [0, 0.05) is 31.1 Å². The molecule has 2 rings (SSSR count). The van der Waals surface area contributed by atoms with E-state index in [0.717, 1.165) is 38.2 Å². The molecule has 0 amide bonds. The molecular formula is C21H33N3O2. The quantitative estimate of drug-likeness (QED) is 0.731. The summed E-state index contributed by atoms with van der Waals surface area (Å²) in [6.45, 7) is 11.0. The Morgan fingerprint density at radius 2 is 2.35 bits per heavy atom. The van der Waals surface area contributed by atoms with Crippen LogP contribution in [0.25, 0.3) is 0 Å². The average Bonchev–Trinajstić information content (AvgIpc) is 2.60. The van der Waals surface area contributed by atoms with Crippen molar-refractivity contribution < 1.29 is 9.90 Å². The van der Waals surface area contributed by atoms with Crippen LogP contribution in [0.3, 0.4) is 0 Å². The number of aliphatic hydroxyl groups excluding tert-OH is 1. The summed E-state index contributed by atoms with van der Waals surface area (Å²) in [5.41, 5.74) is 8.74. The fourth-order valence-electron chi connectivity index (χ4n) is 3.72. The molecule has 0 bridgehead atoms. The highest BCUT2D eigenvalue weighted by molar-refractivity contribution is 5.96. The van der Waals surface area contributed by atoms with Crippen LogP contribution in [0.5, 0.6) is 0 Å². The topological polar surface area (TPSA) is 69.8 Å². The molecular weight excluding hydrogens is 326 g/mol. The molecule has 1 aliphatic heterocycles. The van der Waals surface area contributed by atoms with Crippen LogP contribution in [0, 0.1) is 0 Å². The Hall–Kier alpha value is -1.85. The molecule has 1 fully saturated rings. The highest BCUT2D eigenvalue weighted by Gasteiger charge is 2.26. The number of hydrogen-bond donors (Lipinski definition) is 2. The number of carbonyl (C=O) groups excluding carboxylic acids is 1. The van der Waals surface area contributed by atoms with Gasteiger partial charge in [-0.1, -0.05) is 25.7 Å². The maximum atomic E-state index is 12.4. The van der Waals surface area contributed by atoms with E-state index in [2.05, 4.69) is 23.3 Å². The molecule has 1 heterocycles. The summed E-state index contributed by atoms with van der Waals surface area (Å²) < 4.78 is 0. The lowest BCUT2D eigenvalue weighted by molar-refractivity contribution is -0.117. The average molecular weight is 360 g/mol. The van der Waals surface area contributed by atoms with Crippen molar-refractivity contribution in [2.45, 2.75) is 58.1 Å². The van der Waals surface area contributed by atoms with E-state index in [9.17, 15) is 9.90 Å². The number of likely N-dealkylation sites (tertiary alicyclic amines) is 1. The number of hydrogen-bond acceptors (Lipinski definition) is 5. The smallest absolute Gasteiger partial charge is 0.161 e. The van der Waals surface area contributed by atoms with Crippen LogP contribution in [0.4, 0.5) is 0 Å². The zero-order chi connectivity index (χ0) is 19.1. The summed E-state index contributed by atoms with van der Waals surface area (Å²) in [7, 11) is 0. The second-order valence-corrected chi connectivity index (χ2v) is 7.21. The molecule has 1 saturated heterocycles. The molecule has 5 heteroatoms. The van der Waals surface area contributed by atoms with Gasteiger partial charge in [0.1, 0.15) is 0 Å². The van der Waals surface area contributed by atoms with Crippen LogP contribution in [0.2, 0.25) is 0 Å². The Bertz CT molecular complexity index is 604. The minimum absolute atomic E-state index is 0.0300. The van der Waals surface area contributed by atoms with Crippen LogP contribution >= 0.6 is 0 Å². The van der Waals surface area contributed by atoms with Crippen molar-refractivity contribution >= 4 is 5.78 Å². The first kappa shape index (κ1) is 20.5. The molecule has 5 nitrogen and oxygen atoms in total. The third kappa shape index (κ3) is 5.32. The van der Waals surface area contributed by atoms with Crippen molar-refractivity contribution in [3.8, 4) is 0 Å². The fraction of sp³-hybridized carbons (Fsp3) is 0.571. The predicted molar refractivity (Wildman–Crippen MR) is 106 cm³/mol. The van der Waals surface area contributed by atoms with Gasteiger partial charge in [-0.2, -0.15) is 0 Å². The second-order valence-electron chi connectivity index (χ2n) is 7.21. The van der Waals surface area contributed by atoms with Crippen molar-refractivity contribution in [3.63, 3.8) is 0 Å². The largest absolute Gasteiger partial charge is 0.400 e. The molecule has 2 atom stereocenters. The standard InChI is InChI=1S/C21H33N3O2/c1-4-23-12-8-10-18(15-23)24(5-2)20-11-7-6-9-17(14-19(20)22)21(26)13-16(3)25/h5,7,9,11,16,18,25H,2,4,6,8,10,12-15,22H2,1,3H3/b11-7-,17-9+,20-19-. The lowest BCUT2D eigenvalue weighted by Gasteiger charge is -2.39. The van der Waals surface area contributed by atoms with Gasteiger partial charge in [0.05, 0.1) is 11.8 Å². The summed E-state index contributed by atoms with van der Waals surface area (Å²) in [5, 5.41) is 9.51. The molecule has 26 heavy (non-hydrogen) atoms. The van der Waals surface area contributed by atoms with E-state index in [1.807, 2.05) is 24.4 Å². The van der Waals surface area contributed by atoms with Gasteiger partial charge in [-0.05, 0) is 57.1 Å². The van der Waals surface area contributed by atoms with E-state index >= 15 is 0 Å². The van der Waals surface area contributed by atoms with Gasteiger partial charge < -0.3 is 20.6 Å². The number of nitrogens with zero attached hydrogens (tertiary/aromatic N) is 2. The number of rotatable bonds is 7. The number of Topliss-reactive ketones (excluding diaryl/α,β-unsaturated/α-hetero) is 1. The molecule has 0 spiro atoms. The van der Waals surface area contributed by atoms with Gasteiger partial charge in [-0.25, -0.2) is 0 Å². The molecule has 1 aliphatic carbocycles. The number of nitrogens with two attached hydrogens (primary N) is 1. The van der Waals surface area contributed by atoms with Crippen LogP contribution < -0.4 is 5.73 Å². The van der Waals surface area contributed by atoms with Crippen LogP contribution in [0.15, 0.2) is 48.0 Å². The normalized spacial score (nSPS) is 29.0. The summed E-state index contributed by atoms with van der Waals surface area (Å²) in [6, 6.07) is 0.347. The highest BCUT2D eigenvalue weighted by atomic mass is 16.3. The molecule has 0 radical (unpaired) electrons. The van der Waals surface area contributed by atoms with Gasteiger partial charge in [0.2, 0.25) is 0 Å². The van der Waals surface area contributed by atoms with Gasteiger partial charge in [0.15, 0.2) is 5.78 Å². The Kier molecular flexibility index (Phi) is 7.66. The SMILES string of the molecule is C=CN(C1=C(\N)C/C(C(=O)CC(C)O)=C\C/C=C\1)C1CCCN(CC)C1. The van der Waals surface area contributed by atoms with Crippen LogP contribution in [-0.4, -0.2) is 52.5 Å². The Morgan fingerprint density at radius 1 is 1.58 bits per heavy atom. The first-order valence-electron chi connectivity index (χ1n) is 9.64. The van der Waals surface area contributed by atoms with Crippen LogP contribution in [-0.2, 0) is 4.79 Å². The van der Waals surface area contributed by atoms with Crippen molar-refractivity contribution in [1.29, 1.82) is 0 Å². The predicted octanol–water partition coefficient (Wildman–Crippen LogP) is 2.70. The van der Waals surface area contributed by atoms with Crippen molar-refractivity contribution in [2.24, 2.45) is 5.73 Å². The monoisotopic (exact) mass is 359 g/mol. The Labute approximate surface area is 157 Å². The number of allylic oxidation sites excluding steroid dienone is 4. The summed E-state index contributed by atoms with van der Waals surface area (Å²) in [4.78, 5) is 17.0. The minimum atomic E-state index is -0.638.